The number of likely N-dealkylation sites (tertiary alicyclic amines) is 1. The molecule has 1 aromatic rings. The molecular formula is C15H13F3N2O2. The van der Waals surface area contributed by atoms with Crippen molar-refractivity contribution >= 4 is 11.7 Å². The molecular weight excluding hydrogens is 297 g/mol. The monoisotopic (exact) mass is 310 g/mol. The molecule has 1 saturated heterocycles. The van der Waals surface area contributed by atoms with Gasteiger partial charge in [-0.15, -0.1) is 0 Å². The molecule has 1 fully saturated rings. The predicted octanol–water partition coefficient (Wildman–Crippen LogP) is 2.65. The van der Waals surface area contributed by atoms with Gasteiger partial charge in [0.05, 0.1) is 11.6 Å². The number of benzene rings is 1. The first-order chi connectivity index (χ1) is 10.3. The highest BCUT2D eigenvalue weighted by Gasteiger charge is 2.35. The number of hydrogen-bond acceptors (Lipinski definition) is 3. The number of rotatable bonds is 3. The number of carbonyl (C=O) groups excluding carboxylic acids is 2. The maximum Gasteiger partial charge on any atom is 0.416 e. The van der Waals surface area contributed by atoms with E-state index in [1.54, 1.807) is 6.07 Å². The molecule has 0 saturated carbocycles. The molecule has 0 spiro atoms. The Balaban J connectivity index is 2.25. The Labute approximate surface area is 125 Å². The number of halogens is 3. The van der Waals surface area contributed by atoms with Crippen molar-refractivity contribution in [2.45, 2.75) is 19.0 Å². The summed E-state index contributed by atoms with van der Waals surface area (Å²) < 4.78 is 38.0. The van der Waals surface area contributed by atoms with Crippen molar-refractivity contribution in [3.63, 3.8) is 0 Å². The Kier molecular flexibility index (Phi) is 4.50. The van der Waals surface area contributed by atoms with Crippen LogP contribution >= 0.6 is 0 Å². The predicted molar refractivity (Wildman–Crippen MR) is 70.7 cm³/mol. The van der Waals surface area contributed by atoms with Crippen LogP contribution in [0.15, 0.2) is 24.3 Å². The van der Waals surface area contributed by atoms with Crippen molar-refractivity contribution < 1.29 is 22.8 Å². The molecule has 0 radical (unpaired) electrons. The maximum absolute atomic E-state index is 12.7. The number of hydrogen-bond donors (Lipinski definition) is 0. The van der Waals surface area contributed by atoms with Gasteiger partial charge in [-0.3, -0.25) is 9.59 Å². The topological polar surface area (TPSA) is 61.2 Å². The van der Waals surface area contributed by atoms with Crippen LogP contribution in [0.5, 0.6) is 0 Å². The Hall–Kier alpha value is -2.36. The summed E-state index contributed by atoms with van der Waals surface area (Å²) in [6, 6.07) is 5.39. The van der Waals surface area contributed by atoms with Crippen molar-refractivity contribution in [3.8, 4) is 6.07 Å². The minimum atomic E-state index is -4.59. The third-order valence-corrected chi connectivity index (χ3v) is 3.53. The van der Waals surface area contributed by atoms with Crippen LogP contribution in [0.4, 0.5) is 13.2 Å². The number of ketones is 1. The first-order valence-corrected chi connectivity index (χ1v) is 6.74. The number of alkyl halides is 3. The van der Waals surface area contributed by atoms with Gasteiger partial charge >= 0.3 is 6.18 Å². The van der Waals surface area contributed by atoms with E-state index in [-0.39, 0.29) is 5.56 Å². The lowest BCUT2D eigenvalue weighted by molar-refractivity contribution is -0.137. The minimum Gasteiger partial charge on any atom is -0.341 e. The van der Waals surface area contributed by atoms with Crippen molar-refractivity contribution in [2.24, 2.45) is 5.92 Å². The Morgan fingerprint density at radius 3 is 2.41 bits per heavy atom. The second-order valence-corrected chi connectivity index (χ2v) is 5.04. The quantitative estimate of drug-likeness (QED) is 0.637. The van der Waals surface area contributed by atoms with Gasteiger partial charge < -0.3 is 4.90 Å². The molecule has 1 aliphatic rings. The van der Waals surface area contributed by atoms with Crippen molar-refractivity contribution in [1.29, 1.82) is 5.26 Å². The van der Waals surface area contributed by atoms with E-state index in [0.29, 0.717) is 19.2 Å². The molecule has 116 valence electrons. The summed E-state index contributed by atoms with van der Waals surface area (Å²) in [7, 11) is 0. The van der Waals surface area contributed by atoms with Crippen molar-refractivity contribution in [1.82, 2.24) is 4.90 Å². The average Bonchev–Trinajstić information content (AvgIpc) is 3.01. The Morgan fingerprint density at radius 1 is 1.23 bits per heavy atom. The summed E-state index contributed by atoms with van der Waals surface area (Å²) in [6.07, 6.45) is -3.00. The lowest BCUT2D eigenvalue weighted by Gasteiger charge is -2.18. The molecule has 0 aliphatic carbocycles. The number of amides is 1. The molecule has 1 heterocycles. The minimum absolute atomic E-state index is 0.283. The molecule has 1 aliphatic heterocycles. The molecule has 0 unspecified atom stereocenters. The largest absolute Gasteiger partial charge is 0.416 e. The van der Waals surface area contributed by atoms with Gasteiger partial charge in [0.1, 0.15) is 0 Å². The van der Waals surface area contributed by atoms with Crippen molar-refractivity contribution in [3.05, 3.63) is 35.4 Å². The van der Waals surface area contributed by atoms with Gasteiger partial charge in [-0.1, -0.05) is 12.1 Å². The van der Waals surface area contributed by atoms with Crippen molar-refractivity contribution in [2.75, 3.05) is 13.1 Å². The highest BCUT2D eigenvalue weighted by Crippen LogP contribution is 2.30. The van der Waals surface area contributed by atoms with Crippen LogP contribution in [0.1, 0.15) is 28.8 Å². The van der Waals surface area contributed by atoms with E-state index in [1.807, 2.05) is 0 Å². The molecule has 4 nitrogen and oxygen atoms in total. The highest BCUT2D eigenvalue weighted by atomic mass is 19.4. The van der Waals surface area contributed by atoms with Gasteiger partial charge in [-0.2, -0.15) is 18.4 Å². The van der Waals surface area contributed by atoms with Gasteiger partial charge in [-0.05, 0) is 25.0 Å². The van der Waals surface area contributed by atoms with Gasteiger partial charge in [0.2, 0.25) is 5.91 Å². The SMILES string of the molecule is N#C[C@@H](C(=O)c1cccc(C(F)(F)F)c1)C(=O)N1CCCC1. The number of carbonyl (C=O) groups is 2. The third kappa shape index (κ3) is 3.27. The molecule has 0 aromatic heterocycles. The average molecular weight is 310 g/mol. The summed E-state index contributed by atoms with van der Waals surface area (Å²) in [6.45, 7) is 0.930. The summed E-state index contributed by atoms with van der Waals surface area (Å²) >= 11 is 0. The van der Waals surface area contributed by atoms with E-state index in [0.717, 1.165) is 25.0 Å². The van der Waals surface area contributed by atoms with Gasteiger partial charge in [0.15, 0.2) is 11.7 Å². The number of nitrogens with zero attached hydrogens (tertiary/aromatic N) is 2. The van der Waals surface area contributed by atoms with E-state index >= 15 is 0 Å². The zero-order valence-corrected chi connectivity index (χ0v) is 11.6. The number of nitriles is 1. The molecule has 1 amide bonds. The van der Waals surface area contributed by atoms with E-state index in [1.165, 1.54) is 11.0 Å². The standard InChI is InChI=1S/C15H13F3N2O2/c16-15(17,18)11-5-3-4-10(8-11)13(21)12(9-19)14(22)20-6-1-2-7-20/h3-5,8,12H,1-2,6-7H2/t12-/m0/s1. The van der Waals surface area contributed by atoms with Crippen LogP contribution < -0.4 is 0 Å². The summed E-state index contributed by atoms with van der Waals surface area (Å²) in [5, 5.41) is 9.08. The lowest BCUT2D eigenvalue weighted by Crippen LogP contribution is -2.37. The molecule has 1 aromatic carbocycles. The molecule has 7 heteroatoms. The third-order valence-electron chi connectivity index (χ3n) is 3.53. The van der Waals surface area contributed by atoms with Gasteiger partial charge in [-0.25, -0.2) is 0 Å². The van der Waals surface area contributed by atoms with Crippen LogP contribution in [-0.2, 0) is 11.0 Å². The summed E-state index contributed by atoms with van der Waals surface area (Å²) in [5.74, 6) is -3.13. The fourth-order valence-corrected chi connectivity index (χ4v) is 2.36. The fourth-order valence-electron chi connectivity index (χ4n) is 2.36. The number of Topliss-reactive ketones (excluding diaryl/α,β-unsaturated/α-hetero) is 1. The second kappa shape index (κ2) is 6.18. The zero-order chi connectivity index (χ0) is 16.3. The molecule has 0 N–H and O–H groups in total. The van der Waals surface area contributed by atoms with Crippen LogP contribution in [0, 0.1) is 17.2 Å². The zero-order valence-electron chi connectivity index (χ0n) is 11.6. The lowest BCUT2D eigenvalue weighted by atomic mass is 9.96. The van der Waals surface area contributed by atoms with Crippen LogP contribution in [0.3, 0.4) is 0 Å². The van der Waals surface area contributed by atoms with E-state index in [2.05, 4.69) is 0 Å². The normalized spacial score (nSPS) is 16.2. The molecule has 0 bridgehead atoms. The fraction of sp³-hybridized carbons (Fsp3) is 0.400. The highest BCUT2D eigenvalue weighted by molar-refractivity contribution is 6.12. The molecule has 1 atom stereocenters. The smallest absolute Gasteiger partial charge is 0.341 e. The van der Waals surface area contributed by atoms with E-state index in [9.17, 15) is 22.8 Å². The van der Waals surface area contributed by atoms with E-state index in [4.69, 9.17) is 5.26 Å². The first kappa shape index (κ1) is 16.0. The first-order valence-electron chi connectivity index (χ1n) is 6.74. The molecule has 2 rings (SSSR count). The van der Waals surface area contributed by atoms with Gasteiger partial charge in [0.25, 0.3) is 0 Å². The summed E-state index contributed by atoms with van der Waals surface area (Å²) in [5.41, 5.74) is -1.27. The van der Waals surface area contributed by atoms with Crippen LogP contribution in [0.2, 0.25) is 0 Å². The Bertz CT molecular complexity index is 628. The second-order valence-electron chi connectivity index (χ2n) is 5.04. The molecule has 22 heavy (non-hydrogen) atoms. The van der Waals surface area contributed by atoms with Crippen LogP contribution in [-0.4, -0.2) is 29.7 Å². The summed E-state index contributed by atoms with van der Waals surface area (Å²) in [4.78, 5) is 25.8. The Morgan fingerprint density at radius 2 is 1.86 bits per heavy atom. The maximum atomic E-state index is 12.7. The van der Waals surface area contributed by atoms with Crippen LogP contribution in [0.25, 0.3) is 0 Å². The van der Waals surface area contributed by atoms with E-state index < -0.39 is 29.3 Å². The van der Waals surface area contributed by atoms with Gasteiger partial charge in [0, 0.05) is 18.7 Å².